The summed E-state index contributed by atoms with van der Waals surface area (Å²) in [5.74, 6) is -0.754. The fraction of sp³-hybridized carbons (Fsp3) is 0.120. The minimum Gasteiger partial charge on any atom is -0.477 e. The van der Waals surface area contributed by atoms with Gasteiger partial charge in [0, 0.05) is 65.1 Å². The zero-order valence-electron chi connectivity index (χ0n) is 31.6. The van der Waals surface area contributed by atoms with Crippen molar-refractivity contribution in [3.63, 3.8) is 0 Å². The van der Waals surface area contributed by atoms with E-state index in [1.807, 2.05) is 48.6 Å². The first-order chi connectivity index (χ1) is 28.4. The molecule has 2 unspecified atom stereocenters. The molecule has 6 nitrogen and oxygen atoms in total. The highest BCUT2D eigenvalue weighted by atomic mass is 32.1. The smallest absolute Gasteiger partial charge is 0.346 e. The van der Waals surface area contributed by atoms with Crippen LogP contribution >= 0.6 is 22.3 Å². The lowest BCUT2D eigenvalue weighted by Crippen LogP contribution is -2.26. The summed E-state index contributed by atoms with van der Waals surface area (Å²) in [5, 5.41) is 18.7. The third-order valence-corrected chi connectivity index (χ3v) is 13.8. The number of benzene rings is 5. The summed E-state index contributed by atoms with van der Waals surface area (Å²) in [5.41, 5.74) is 13.5. The lowest BCUT2D eigenvalue weighted by atomic mass is 9.92. The average Bonchev–Trinajstić information content (AvgIpc) is 4.09. The van der Waals surface area contributed by atoms with Crippen LogP contribution in [0.25, 0.3) is 55.1 Å². The van der Waals surface area contributed by atoms with Gasteiger partial charge in [0.05, 0.1) is 22.4 Å². The van der Waals surface area contributed by atoms with Crippen molar-refractivity contribution < 1.29 is 9.90 Å². The van der Waals surface area contributed by atoms with E-state index in [9.17, 15) is 15.2 Å². The van der Waals surface area contributed by atoms with Crippen molar-refractivity contribution >= 4 is 60.4 Å². The summed E-state index contributed by atoms with van der Waals surface area (Å²) in [6, 6.07) is 47.5. The van der Waals surface area contributed by atoms with Crippen LogP contribution in [-0.2, 0) is 4.79 Å². The van der Waals surface area contributed by atoms with Crippen molar-refractivity contribution in [1.29, 1.82) is 5.26 Å². The van der Waals surface area contributed by atoms with Gasteiger partial charge in [-0.15, -0.1) is 22.3 Å². The first-order valence-electron chi connectivity index (χ1n) is 19.4. The van der Waals surface area contributed by atoms with Crippen LogP contribution in [-0.4, -0.2) is 36.8 Å². The molecule has 0 bridgehead atoms. The summed E-state index contributed by atoms with van der Waals surface area (Å²) in [4.78, 5) is 29.0. The van der Waals surface area contributed by atoms with E-state index in [1.165, 1.54) is 58.8 Å². The second-order valence-electron chi connectivity index (χ2n) is 14.9. The van der Waals surface area contributed by atoms with Crippen molar-refractivity contribution in [3.8, 4) is 50.2 Å². The number of carboxylic acids is 1. The van der Waals surface area contributed by atoms with Gasteiger partial charge in [0.25, 0.3) is 0 Å². The molecule has 2 aliphatic heterocycles. The van der Waals surface area contributed by atoms with E-state index in [-0.39, 0.29) is 5.57 Å². The van der Waals surface area contributed by atoms with Crippen molar-refractivity contribution in [2.45, 2.75) is 38.1 Å². The number of fused-ring (bicyclic) bond motifs is 4. The summed E-state index contributed by atoms with van der Waals surface area (Å²) < 4.78 is 0. The van der Waals surface area contributed by atoms with E-state index in [0.29, 0.717) is 16.8 Å². The van der Waals surface area contributed by atoms with Crippen LogP contribution in [0.2, 0.25) is 0 Å². The van der Waals surface area contributed by atoms with Crippen LogP contribution in [0.5, 0.6) is 0 Å². The van der Waals surface area contributed by atoms with Gasteiger partial charge in [-0.25, -0.2) is 14.8 Å². The Hall–Kier alpha value is -6.66. The maximum absolute atomic E-state index is 11.5. The highest BCUT2D eigenvalue weighted by molar-refractivity contribution is 8.00. The Kier molecular flexibility index (Phi) is 9.05. The van der Waals surface area contributed by atoms with Crippen molar-refractivity contribution in [2.75, 3.05) is 4.90 Å². The molecule has 1 N–H and O–H groups in total. The zero-order chi connectivity index (χ0) is 39.3. The van der Waals surface area contributed by atoms with Crippen LogP contribution in [0, 0.1) is 18.3 Å². The molecule has 0 spiro atoms. The Morgan fingerprint density at radius 1 is 0.776 bits per heavy atom. The first kappa shape index (κ1) is 35.7. The fourth-order valence-corrected chi connectivity index (χ4v) is 10.8. The Bertz CT molecular complexity index is 2970. The predicted molar refractivity (Wildman–Crippen MR) is 240 cm³/mol. The Morgan fingerprint density at radius 2 is 1.45 bits per heavy atom. The number of carbonyl (C=O) groups is 1. The molecule has 10 rings (SSSR count). The SMILES string of the molecule is Cc1ccc(N2c3ccc(-c4ccc(-c5ccc(C6=S=C(/C=C(\C#N)C(=O)O)C=C6)s5)c5nc(-c6ccccc6)c(-c6ccccc6)nc45)cc3C3CCCC32)cc1. The number of aryl methyl sites for hydroxylation is 1. The Balaban J connectivity index is 1.16. The number of thiophene rings is 1. The number of hydrogen-bond acceptors (Lipinski definition) is 6. The molecule has 280 valence electrons. The molecule has 0 radical (unpaired) electrons. The van der Waals surface area contributed by atoms with Crippen LogP contribution in [0.4, 0.5) is 11.4 Å². The molecule has 0 saturated heterocycles. The number of anilines is 2. The van der Waals surface area contributed by atoms with Crippen LogP contribution in [0.3, 0.4) is 0 Å². The molecule has 5 aromatic carbocycles. The van der Waals surface area contributed by atoms with Crippen molar-refractivity contribution in [3.05, 3.63) is 167 Å². The average molecular weight is 789 g/mol. The molecule has 1 aliphatic carbocycles. The standard InChI is InChI=1S/C50H36N4O2S2/c1-30-15-18-35(19-16-30)54-41-14-8-13-38(41)40-28-33(17-23-42(40)54)37-21-22-39(43-25-26-45(58-43)44-24-20-36(57-44)27-34(29-51)50(55)56)49-48(37)52-46(31-9-4-2-5-10-31)47(53-49)32-11-6-3-7-12-32/h2-7,9-12,15-28,38,41H,8,13-14H2,1H3,(H,55,56)/b34-27+. The van der Waals surface area contributed by atoms with Crippen LogP contribution in [0.1, 0.15) is 41.2 Å². The minimum atomic E-state index is -1.23. The molecule has 0 amide bonds. The molecule has 3 aliphatic rings. The molecule has 58 heavy (non-hydrogen) atoms. The van der Waals surface area contributed by atoms with Crippen molar-refractivity contribution in [2.24, 2.45) is 0 Å². The number of nitrogens with zero attached hydrogens (tertiary/aromatic N) is 4. The molecule has 2 aromatic heterocycles. The van der Waals surface area contributed by atoms with Gasteiger partial charge in [-0.3, -0.25) is 0 Å². The third kappa shape index (κ3) is 6.29. The first-order valence-corrected chi connectivity index (χ1v) is 21.1. The second kappa shape index (κ2) is 14.7. The molecule has 7 aromatic rings. The van der Waals surface area contributed by atoms with E-state index in [1.54, 1.807) is 17.4 Å². The molecule has 1 saturated carbocycles. The minimum absolute atomic E-state index is 0.287. The fourth-order valence-electron chi connectivity index (χ4n) is 8.69. The molecule has 2 atom stereocenters. The predicted octanol–water partition coefficient (Wildman–Crippen LogP) is 12.0. The Morgan fingerprint density at radius 3 is 2.14 bits per heavy atom. The highest BCUT2D eigenvalue weighted by Crippen LogP contribution is 2.53. The number of hydrogen-bond donors (Lipinski definition) is 1. The summed E-state index contributed by atoms with van der Waals surface area (Å²) in [6.07, 6.45) is 8.85. The van der Waals surface area contributed by atoms with Gasteiger partial charge in [0.2, 0.25) is 0 Å². The number of allylic oxidation sites excluding steroid dienone is 3. The molecule has 8 heteroatoms. The van der Waals surface area contributed by atoms with E-state index in [0.717, 1.165) is 64.9 Å². The van der Waals surface area contributed by atoms with Gasteiger partial charge in [0.1, 0.15) is 11.6 Å². The van der Waals surface area contributed by atoms with Crippen LogP contribution in [0.15, 0.2) is 151 Å². The lowest BCUT2D eigenvalue weighted by molar-refractivity contribution is -0.132. The molecular weight excluding hydrogens is 753 g/mol. The number of rotatable bonds is 8. The second-order valence-corrected chi connectivity index (χ2v) is 17.1. The number of aromatic nitrogens is 2. The summed E-state index contributed by atoms with van der Waals surface area (Å²) >= 11 is 1.66. The van der Waals surface area contributed by atoms with E-state index >= 15 is 0 Å². The third-order valence-electron chi connectivity index (χ3n) is 11.4. The summed E-state index contributed by atoms with van der Waals surface area (Å²) in [6.45, 7) is 2.14. The Labute approximate surface area is 344 Å². The highest BCUT2D eigenvalue weighted by Gasteiger charge is 2.42. The maximum Gasteiger partial charge on any atom is 0.346 e. The lowest BCUT2D eigenvalue weighted by Gasteiger charge is -2.27. The van der Waals surface area contributed by atoms with Gasteiger partial charge in [-0.05, 0) is 85.5 Å². The van der Waals surface area contributed by atoms with E-state index < -0.39 is 5.97 Å². The van der Waals surface area contributed by atoms with Gasteiger partial charge in [-0.1, -0.05) is 103 Å². The summed E-state index contributed by atoms with van der Waals surface area (Å²) in [7, 11) is 1.46. The number of aliphatic carboxylic acids is 1. The zero-order valence-corrected chi connectivity index (χ0v) is 33.2. The molecular formula is C50H36N4O2S2. The van der Waals surface area contributed by atoms with Gasteiger partial charge < -0.3 is 10.0 Å². The molecule has 4 heterocycles. The van der Waals surface area contributed by atoms with Gasteiger partial charge in [0.15, 0.2) is 0 Å². The maximum atomic E-state index is 11.5. The normalized spacial score (nSPS) is 17.0. The van der Waals surface area contributed by atoms with Gasteiger partial charge >= 0.3 is 5.97 Å². The van der Waals surface area contributed by atoms with Gasteiger partial charge in [-0.2, -0.15) is 5.26 Å². The van der Waals surface area contributed by atoms with Crippen LogP contribution < -0.4 is 4.90 Å². The van der Waals surface area contributed by atoms with Crippen molar-refractivity contribution in [1.82, 2.24) is 9.97 Å². The monoisotopic (exact) mass is 788 g/mol. The number of nitriles is 1. The largest absolute Gasteiger partial charge is 0.477 e. The van der Waals surface area contributed by atoms with E-state index in [4.69, 9.17) is 9.97 Å². The van der Waals surface area contributed by atoms with E-state index in [2.05, 4.69) is 103 Å². The topological polar surface area (TPSA) is 90.1 Å². The quantitative estimate of drug-likeness (QED) is 0.0937. The number of carboxylic acid groups (broad SMARTS) is 1. The molecule has 1 fully saturated rings.